The van der Waals surface area contributed by atoms with Crippen LogP contribution in [0.2, 0.25) is 0 Å². The molecule has 7 heteroatoms. The van der Waals surface area contributed by atoms with Gasteiger partial charge >= 0.3 is 0 Å². The van der Waals surface area contributed by atoms with Gasteiger partial charge in [-0.15, -0.1) is 0 Å². The minimum atomic E-state index is -0.596. The van der Waals surface area contributed by atoms with Crippen molar-refractivity contribution < 1.29 is 9.18 Å². The van der Waals surface area contributed by atoms with Crippen LogP contribution in [-0.4, -0.2) is 34.2 Å². The fourth-order valence-electron chi connectivity index (χ4n) is 3.10. The van der Waals surface area contributed by atoms with Crippen molar-refractivity contribution in [3.05, 3.63) is 93.2 Å². The van der Waals surface area contributed by atoms with Crippen molar-refractivity contribution in [2.75, 3.05) is 13.6 Å². The second-order valence-corrected chi connectivity index (χ2v) is 7.19. The quantitative estimate of drug-likeness (QED) is 0.653. The van der Waals surface area contributed by atoms with Crippen LogP contribution in [0.5, 0.6) is 0 Å². The Hall–Kier alpha value is -3.32. The summed E-state index contributed by atoms with van der Waals surface area (Å²) in [6, 6.07) is 15.3. The zero-order chi connectivity index (χ0) is 21.7. The molecule has 0 bridgehead atoms. The molecule has 6 nitrogen and oxygen atoms in total. The largest absolute Gasteiger partial charge is 0.346 e. The van der Waals surface area contributed by atoms with E-state index < -0.39 is 17.2 Å². The maximum Gasteiger partial charge on any atom is 0.276 e. The standard InChI is InChI=1S/C23H25FN4O2/c1-4-27(3)15-18-9-7-8-17(13-18)14-25-23(30)22-21(29)12-16(2)28(26-22)20-11-6-5-10-19(20)24/h5-13H,4,14-15H2,1-3H3,(H,25,30). The lowest BCUT2D eigenvalue weighted by Gasteiger charge is -2.15. The van der Waals surface area contributed by atoms with Gasteiger partial charge in [-0.2, -0.15) is 5.10 Å². The number of halogens is 1. The zero-order valence-electron chi connectivity index (χ0n) is 17.4. The Bertz CT molecular complexity index is 1110. The monoisotopic (exact) mass is 408 g/mol. The molecule has 156 valence electrons. The molecule has 0 aliphatic rings. The molecule has 0 atom stereocenters. The van der Waals surface area contributed by atoms with Crippen LogP contribution in [0.25, 0.3) is 5.69 Å². The van der Waals surface area contributed by atoms with Crippen LogP contribution >= 0.6 is 0 Å². The number of carbonyl (C=O) groups excluding carboxylic acids is 1. The summed E-state index contributed by atoms with van der Waals surface area (Å²) in [5.74, 6) is -1.09. The number of hydrogen-bond acceptors (Lipinski definition) is 4. The number of hydrogen-bond donors (Lipinski definition) is 1. The van der Waals surface area contributed by atoms with Gasteiger partial charge in [0.05, 0.1) is 0 Å². The van der Waals surface area contributed by atoms with Gasteiger partial charge in [0.25, 0.3) is 5.91 Å². The van der Waals surface area contributed by atoms with Crippen molar-refractivity contribution >= 4 is 5.91 Å². The summed E-state index contributed by atoms with van der Waals surface area (Å²) in [4.78, 5) is 27.2. The molecule has 2 aromatic carbocycles. The predicted molar refractivity (Wildman–Crippen MR) is 114 cm³/mol. The van der Waals surface area contributed by atoms with Gasteiger partial charge in [0.15, 0.2) is 5.69 Å². The Labute approximate surface area is 175 Å². The van der Waals surface area contributed by atoms with E-state index in [1.54, 1.807) is 25.1 Å². The van der Waals surface area contributed by atoms with E-state index in [1.165, 1.54) is 16.8 Å². The molecule has 0 unspecified atom stereocenters. The highest BCUT2D eigenvalue weighted by Crippen LogP contribution is 2.13. The number of amides is 1. The van der Waals surface area contributed by atoms with Gasteiger partial charge in [-0.05, 0) is 43.8 Å². The van der Waals surface area contributed by atoms with E-state index in [0.29, 0.717) is 5.69 Å². The minimum absolute atomic E-state index is 0.178. The first-order valence-corrected chi connectivity index (χ1v) is 9.79. The molecule has 1 aromatic heterocycles. The maximum absolute atomic E-state index is 14.2. The molecule has 0 saturated carbocycles. The average Bonchev–Trinajstić information content (AvgIpc) is 2.73. The highest BCUT2D eigenvalue weighted by atomic mass is 19.1. The van der Waals surface area contributed by atoms with Crippen LogP contribution in [0.4, 0.5) is 4.39 Å². The van der Waals surface area contributed by atoms with E-state index in [-0.39, 0.29) is 17.9 Å². The van der Waals surface area contributed by atoms with Gasteiger partial charge in [-0.1, -0.05) is 43.3 Å². The first-order chi connectivity index (χ1) is 14.4. The van der Waals surface area contributed by atoms with Gasteiger partial charge in [0.2, 0.25) is 5.43 Å². The van der Waals surface area contributed by atoms with E-state index in [1.807, 2.05) is 31.3 Å². The second-order valence-electron chi connectivity index (χ2n) is 7.19. The lowest BCUT2D eigenvalue weighted by Crippen LogP contribution is -2.31. The summed E-state index contributed by atoms with van der Waals surface area (Å²) in [5.41, 5.74) is 1.90. The van der Waals surface area contributed by atoms with Crippen molar-refractivity contribution in [1.82, 2.24) is 20.0 Å². The van der Waals surface area contributed by atoms with Crippen molar-refractivity contribution in [1.29, 1.82) is 0 Å². The Morgan fingerprint density at radius 3 is 2.60 bits per heavy atom. The fraction of sp³-hybridized carbons (Fsp3) is 0.261. The van der Waals surface area contributed by atoms with Gasteiger partial charge in [0.1, 0.15) is 11.5 Å². The molecule has 0 spiro atoms. The third kappa shape index (κ3) is 4.99. The minimum Gasteiger partial charge on any atom is -0.346 e. The van der Waals surface area contributed by atoms with Crippen molar-refractivity contribution in [2.45, 2.75) is 26.9 Å². The normalized spacial score (nSPS) is 11.0. The van der Waals surface area contributed by atoms with Crippen LogP contribution in [0.15, 0.2) is 59.4 Å². The molecule has 0 radical (unpaired) electrons. The third-order valence-electron chi connectivity index (χ3n) is 4.84. The molecule has 3 rings (SSSR count). The number of benzene rings is 2. The van der Waals surface area contributed by atoms with Gasteiger partial charge in [-0.25, -0.2) is 9.07 Å². The van der Waals surface area contributed by atoms with E-state index in [4.69, 9.17) is 0 Å². The van der Waals surface area contributed by atoms with E-state index >= 15 is 0 Å². The summed E-state index contributed by atoms with van der Waals surface area (Å²) in [6.45, 7) is 5.74. The highest BCUT2D eigenvalue weighted by Gasteiger charge is 2.16. The lowest BCUT2D eigenvalue weighted by atomic mass is 10.1. The summed E-state index contributed by atoms with van der Waals surface area (Å²) in [7, 11) is 2.04. The van der Waals surface area contributed by atoms with Crippen LogP contribution < -0.4 is 10.7 Å². The molecule has 30 heavy (non-hydrogen) atoms. The number of para-hydroxylation sites is 1. The number of nitrogens with one attached hydrogen (secondary N) is 1. The summed E-state index contributed by atoms with van der Waals surface area (Å²) in [6.07, 6.45) is 0. The number of aromatic nitrogens is 2. The Morgan fingerprint density at radius 1 is 1.13 bits per heavy atom. The van der Waals surface area contributed by atoms with Crippen molar-refractivity contribution in [3.63, 3.8) is 0 Å². The first kappa shape index (κ1) is 21.4. The topological polar surface area (TPSA) is 67.2 Å². The second kappa shape index (κ2) is 9.45. The van der Waals surface area contributed by atoms with Gasteiger partial charge in [0, 0.05) is 24.8 Å². The van der Waals surface area contributed by atoms with E-state index in [0.717, 1.165) is 24.2 Å². The Kier molecular flexibility index (Phi) is 6.74. The molecule has 0 fully saturated rings. The fourth-order valence-corrected chi connectivity index (χ4v) is 3.10. The summed E-state index contributed by atoms with van der Waals surface area (Å²) < 4.78 is 15.4. The Balaban J connectivity index is 1.79. The third-order valence-corrected chi connectivity index (χ3v) is 4.84. The number of nitrogens with zero attached hydrogens (tertiary/aromatic N) is 3. The first-order valence-electron chi connectivity index (χ1n) is 9.79. The van der Waals surface area contributed by atoms with Crippen LogP contribution in [-0.2, 0) is 13.1 Å². The molecular formula is C23H25FN4O2. The van der Waals surface area contributed by atoms with Gasteiger partial charge in [-0.3, -0.25) is 9.59 Å². The number of aryl methyl sites for hydroxylation is 1. The molecule has 1 amide bonds. The number of carbonyl (C=O) groups is 1. The average molecular weight is 408 g/mol. The van der Waals surface area contributed by atoms with Crippen LogP contribution in [0, 0.1) is 12.7 Å². The molecule has 0 saturated heterocycles. The number of rotatable bonds is 7. The predicted octanol–water partition coefficient (Wildman–Crippen LogP) is 3.06. The summed E-state index contributed by atoms with van der Waals surface area (Å²) in [5, 5.41) is 6.87. The Morgan fingerprint density at radius 2 is 1.87 bits per heavy atom. The van der Waals surface area contributed by atoms with Crippen molar-refractivity contribution in [2.24, 2.45) is 0 Å². The summed E-state index contributed by atoms with van der Waals surface area (Å²) >= 11 is 0. The molecule has 3 aromatic rings. The lowest BCUT2D eigenvalue weighted by molar-refractivity contribution is 0.0943. The zero-order valence-corrected chi connectivity index (χ0v) is 17.4. The highest BCUT2D eigenvalue weighted by molar-refractivity contribution is 5.92. The molecular weight excluding hydrogens is 383 g/mol. The van der Waals surface area contributed by atoms with E-state index in [2.05, 4.69) is 22.2 Å². The smallest absolute Gasteiger partial charge is 0.276 e. The molecule has 0 aliphatic heterocycles. The SMILES string of the molecule is CCN(C)Cc1cccc(CNC(=O)c2nn(-c3ccccc3F)c(C)cc2=O)c1. The molecule has 1 N–H and O–H groups in total. The van der Waals surface area contributed by atoms with Crippen LogP contribution in [0.1, 0.15) is 34.2 Å². The van der Waals surface area contributed by atoms with Gasteiger partial charge < -0.3 is 10.2 Å². The maximum atomic E-state index is 14.2. The molecule has 1 heterocycles. The van der Waals surface area contributed by atoms with Crippen molar-refractivity contribution in [3.8, 4) is 5.69 Å². The van der Waals surface area contributed by atoms with E-state index in [9.17, 15) is 14.0 Å². The van der Waals surface area contributed by atoms with Crippen LogP contribution in [0.3, 0.4) is 0 Å². The molecule has 0 aliphatic carbocycles.